The molecule has 2 aromatic rings. The number of nitrogens with one attached hydrogen (secondary N) is 2. The first-order valence-corrected chi connectivity index (χ1v) is 11.3. The fraction of sp³-hybridized carbons (Fsp3) is 0.500. The van der Waals surface area contributed by atoms with Crippen LogP contribution in [-0.2, 0) is 16.6 Å². The maximum absolute atomic E-state index is 13.2. The lowest BCUT2D eigenvalue weighted by Crippen LogP contribution is -2.53. The van der Waals surface area contributed by atoms with Gasteiger partial charge in [-0.15, -0.1) is 0 Å². The second-order valence-corrected chi connectivity index (χ2v) is 9.05. The first-order valence-electron chi connectivity index (χ1n) is 11.3. The Morgan fingerprint density at radius 3 is 2.59 bits per heavy atom. The molecule has 3 atom stereocenters. The number of benzene rings is 1. The molecule has 2 saturated heterocycles. The predicted molar refractivity (Wildman–Crippen MR) is 120 cm³/mol. The fourth-order valence-electron chi connectivity index (χ4n) is 4.88. The molecule has 1 aromatic heterocycles. The average molecular weight is 438 g/mol. The summed E-state index contributed by atoms with van der Waals surface area (Å²) in [7, 11) is 1.83. The van der Waals surface area contributed by atoms with Gasteiger partial charge in [0.05, 0.1) is 23.7 Å². The lowest BCUT2D eigenvalue weighted by molar-refractivity contribution is -0.130. The van der Waals surface area contributed by atoms with Crippen molar-refractivity contribution in [2.24, 2.45) is 13.0 Å². The molecule has 2 N–H and O–H groups in total. The summed E-state index contributed by atoms with van der Waals surface area (Å²) in [6.07, 6.45) is 4.18. The zero-order chi connectivity index (χ0) is 22.8. The Kier molecular flexibility index (Phi) is 6.30. The molecule has 0 aliphatic carbocycles. The van der Waals surface area contributed by atoms with Crippen molar-refractivity contribution in [2.45, 2.75) is 51.6 Å². The number of aryl methyl sites for hydroxylation is 3. The maximum atomic E-state index is 13.2. The molecule has 8 heteroatoms. The summed E-state index contributed by atoms with van der Waals surface area (Å²) in [5.41, 5.74) is 3.65. The van der Waals surface area contributed by atoms with E-state index in [1.54, 1.807) is 15.8 Å². The SMILES string of the molecule is Cc1cc(C)cc(C(=O)N2CCCC(C(=O)N[C@@H]3CCC(=O)N[C@H]3c3ccnn3C)C2)c1. The molecule has 0 radical (unpaired) electrons. The monoisotopic (exact) mass is 437 g/mol. The Hall–Kier alpha value is -3.16. The van der Waals surface area contributed by atoms with Gasteiger partial charge in [0.15, 0.2) is 0 Å². The van der Waals surface area contributed by atoms with Gasteiger partial charge < -0.3 is 15.5 Å². The van der Waals surface area contributed by atoms with Gasteiger partial charge in [-0.1, -0.05) is 17.2 Å². The Balaban J connectivity index is 1.44. The fourth-order valence-corrected chi connectivity index (χ4v) is 4.88. The standard InChI is InChI=1S/C24H31N5O3/c1-15-11-16(2)13-18(12-15)24(32)29-10-4-5-17(14-29)23(31)26-19-6-7-21(30)27-22(19)20-8-9-25-28(20)3/h8-9,11-13,17,19,22H,4-7,10,14H2,1-3H3,(H,26,31)(H,27,30)/t17?,19-,22-/m1/s1. The van der Waals surface area contributed by atoms with Crippen molar-refractivity contribution in [2.75, 3.05) is 13.1 Å². The Morgan fingerprint density at radius 1 is 1.16 bits per heavy atom. The molecule has 2 aliphatic heterocycles. The van der Waals surface area contributed by atoms with Crippen molar-refractivity contribution in [3.05, 3.63) is 52.8 Å². The molecular weight excluding hydrogens is 406 g/mol. The number of carbonyl (C=O) groups excluding carboxylic acids is 3. The van der Waals surface area contributed by atoms with E-state index in [1.165, 1.54) is 0 Å². The molecule has 170 valence electrons. The van der Waals surface area contributed by atoms with Crippen molar-refractivity contribution >= 4 is 17.7 Å². The quantitative estimate of drug-likeness (QED) is 0.765. The van der Waals surface area contributed by atoms with Gasteiger partial charge in [0.25, 0.3) is 5.91 Å². The number of aromatic nitrogens is 2. The van der Waals surface area contributed by atoms with Gasteiger partial charge in [-0.05, 0) is 51.3 Å². The van der Waals surface area contributed by atoms with Gasteiger partial charge in [0.2, 0.25) is 11.8 Å². The topological polar surface area (TPSA) is 96.3 Å². The lowest BCUT2D eigenvalue weighted by atomic mass is 9.92. The van der Waals surface area contributed by atoms with Gasteiger partial charge in [-0.2, -0.15) is 5.10 Å². The number of piperidine rings is 2. The van der Waals surface area contributed by atoms with Gasteiger partial charge in [-0.25, -0.2) is 0 Å². The van der Waals surface area contributed by atoms with Crippen LogP contribution in [0.3, 0.4) is 0 Å². The largest absolute Gasteiger partial charge is 0.351 e. The van der Waals surface area contributed by atoms with Crippen molar-refractivity contribution in [3.8, 4) is 0 Å². The molecule has 32 heavy (non-hydrogen) atoms. The number of rotatable bonds is 4. The minimum absolute atomic E-state index is 0.0213. The summed E-state index contributed by atoms with van der Waals surface area (Å²) in [6.45, 7) is 5.04. The van der Waals surface area contributed by atoms with Gasteiger partial charge in [0, 0.05) is 38.3 Å². The highest BCUT2D eigenvalue weighted by Crippen LogP contribution is 2.26. The van der Waals surface area contributed by atoms with Crippen molar-refractivity contribution in [1.29, 1.82) is 0 Å². The molecule has 4 rings (SSSR count). The van der Waals surface area contributed by atoms with Gasteiger partial charge >= 0.3 is 0 Å². The molecule has 3 amide bonds. The van der Waals surface area contributed by atoms with Crippen LogP contribution in [0.5, 0.6) is 0 Å². The Labute approximate surface area is 188 Å². The summed E-state index contributed by atoms with van der Waals surface area (Å²) >= 11 is 0. The van der Waals surface area contributed by atoms with Crippen LogP contribution in [0.2, 0.25) is 0 Å². The molecule has 2 aliphatic rings. The predicted octanol–water partition coefficient (Wildman–Crippen LogP) is 2.03. The van der Waals surface area contributed by atoms with E-state index in [9.17, 15) is 14.4 Å². The molecule has 8 nitrogen and oxygen atoms in total. The average Bonchev–Trinajstić information content (AvgIpc) is 3.19. The molecule has 0 bridgehead atoms. The van der Waals surface area contributed by atoms with E-state index in [4.69, 9.17) is 0 Å². The first-order chi connectivity index (χ1) is 15.3. The van der Waals surface area contributed by atoms with Crippen LogP contribution in [0, 0.1) is 19.8 Å². The summed E-state index contributed by atoms with van der Waals surface area (Å²) in [6, 6.07) is 7.20. The normalized spacial score (nSPS) is 23.5. The molecule has 3 heterocycles. The van der Waals surface area contributed by atoms with E-state index in [0.717, 1.165) is 29.7 Å². The third kappa shape index (κ3) is 4.69. The number of carbonyl (C=O) groups is 3. The second kappa shape index (κ2) is 9.14. The van der Waals surface area contributed by atoms with Crippen LogP contribution in [0.25, 0.3) is 0 Å². The molecule has 1 aromatic carbocycles. The molecular formula is C24H31N5O3. The minimum atomic E-state index is -0.315. The van der Waals surface area contributed by atoms with E-state index in [0.29, 0.717) is 31.5 Å². The third-order valence-electron chi connectivity index (χ3n) is 6.45. The van der Waals surface area contributed by atoms with E-state index in [1.807, 2.05) is 45.2 Å². The van der Waals surface area contributed by atoms with Crippen LogP contribution in [0.4, 0.5) is 0 Å². The molecule has 1 unspecified atom stereocenters. The first kappa shape index (κ1) is 22.0. The van der Waals surface area contributed by atoms with Crippen LogP contribution in [-0.4, -0.2) is 51.5 Å². The van der Waals surface area contributed by atoms with Crippen LogP contribution in [0.1, 0.15) is 58.9 Å². The van der Waals surface area contributed by atoms with Crippen molar-refractivity contribution < 1.29 is 14.4 Å². The number of nitrogens with zero attached hydrogens (tertiary/aromatic N) is 3. The van der Waals surface area contributed by atoms with E-state index < -0.39 is 0 Å². The number of amides is 3. The number of likely N-dealkylation sites (tertiary alicyclic amines) is 1. The number of hydrogen-bond donors (Lipinski definition) is 2. The van der Waals surface area contributed by atoms with E-state index in [2.05, 4.69) is 15.7 Å². The summed E-state index contributed by atoms with van der Waals surface area (Å²) in [4.78, 5) is 40.1. The summed E-state index contributed by atoms with van der Waals surface area (Å²) in [5.74, 6) is -0.365. The molecule has 0 spiro atoms. The highest BCUT2D eigenvalue weighted by molar-refractivity contribution is 5.95. The van der Waals surface area contributed by atoms with E-state index in [-0.39, 0.29) is 35.7 Å². The Morgan fingerprint density at radius 2 is 1.91 bits per heavy atom. The van der Waals surface area contributed by atoms with Crippen molar-refractivity contribution in [1.82, 2.24) is 25.3 Å². The second-order valence-electron chi connectivity index (χ2n) is 9.05. The highest BCUT2D eigenvalue weighted by atomic mass is 16.2. The van der Waals surface area contributed by atoms with E-state index >= 15 is 0 Å². The highest BCUT2D eigenvalue weighted by Gasteiger charge is 2.35. The van der Waals surface area contributed by atoms with Crippen molar-refractivity contribution in [3.63, 3.8) is 0 Å². The van der Waals surface area contributed by atoms with Crippen LogP contribution in [0.15, 0.2) is 30.5 Å². The summed E-state index contributed by atoms with van der Waals surface area (Å²) in [5, 5.41) is 10.4. The van der Waals surface area contributed by atoms with Gasteiger partial charge in [-0.3, -0.25) is 19.1 Å². The summed E-state index contributed by atoms with van der Waals surface area (Å²) < 4.78 is 1.72. The third-order valence-corrected chi connectivity index (χ3v) is 6.45. The Bertz CT molecular complexity index is 1010. The van der Waals surface area contributed by atoms with Crippen LogP contribution < -0.4 is 10.6 Å². The smallest absolute Gasteiger partial charge is 0.253 e. The number of hydrogen-bond acceptors (Lipinski definition) is 4. The maximum Gasteiger partial charge on any atom is 0.253 e. The zero-order valence-electron chi connectivity index (χ0n) is 18.9. The zero-order valence-corrected chi connectivity index (χ0v) is 18.9. The van der Waals surface area contributed by atoms with Gasteiger partial charge in [0.1, 0.15) is 0 Å². The minimum Gasteiger partial charge on any atom is -0.351 e. The molecule has 0 saturated carbocycles. The van der Waals surface area contributed by atoms with Crippen LogP contribution >= 0.6 is 0 Å². The lowest BCUT2D eigenvalue weighted by Gasteiger charge is -2.36. The molecule has 2 fully saturated rings.